The maximum Gasteiger partial charge on any atom is 0.340 e. The van der Waals surface area contributed by atoms with E-state index in [9.17, 15) is 24.1 Å². The van der Waals surface area contributed by atoms with Crippen LogP contribution in [0.1, 0.15) is 17.3 Å². The van der Waals surface area contributed by atoms with Gasteiger partial charge >= 0.3 is 5.97 Å². The third kappa shape index (κ3) is 4.68. The molecule has 0 fully saturated rings. The summed E-state index contributed by atoms with van der Waals surface area (Å²) < 4.78 is 18.0. The highest BCUT2D eigenvalue weighted by Crippen LogP contribution is 2.25. The molecule has 0 bridgehead atoms. The van der Waals surface area contributed by atoms with Gasteiger partial charge in [-0.05, 0) is 31.2 Å². The molecule has 10 heteroatoms. The van der Waals surface area contributed by atoms with Gasteiger partial charge < -0.3 is 10.1 Å². The minimum Gasteiger partial charge on any atom is -0.449 e. The molecule has 0 radical (unpaired) electrons. The summed E-state index contributed by atoms with van der Waals surface area (Å²) in [4.78, 5) is 34.2. The van der Waals surface area contributed by atoms with Crippen LogP contribution in [0.2, 0.25) is 10.0 Å². The topological polar surface area (TPSA) is 98.5 Å². The van der Waals surface area contributed by atoms with E-state index in [0.29, 0.717) is 0 Å². The van der Waals surface area contributed by atoms with Gasteiger partial charge in [-0.1, -0.05) is 23.2 Å². The van der Waals surface area contributed by atoms with Crippen molar-refractivity contribution in [1.29, 1.82) is 0 Å². The van der Waals surface area contributed by atoms with E-state index < -0.39 is 28.7 Å². The molecule has 1 amide bonds. The van der Waals surface area contributed by atoms with Gasteiger partial charge in [-0.25, -0.2) is 9.18 Å². The number of anilines is 1. The average molecular weight is 401 g/mol. The molecule has 2 rings (SSSR count). The highest BCUT2D eigenvalue weighted by Gasteiger charge is 2.22. The zero-order valence-corrected chi connectivity index (χ0v) is 14.7. The molecule has 0 aromatic heterocycles. The number of ether oxygens (including phenoxy) is 1. The summed E-state index contributed by atoms with van der Waals surface area (Å²) in [5.74, 6) is -2.21. The highest BCUT2D eigenvalue weighted by molar-refractivity contribution is 6.34. The molecule has 0 spiro atoms. The molecule has 0 aliphatic heterocycles. The van der Waals surface area contributed by atoms with Crippen molar-refractivity contribution in [2.24, 2.45) is 0 Å². The van der Waals surface area contributed by atoms with E-state index in [4.69, 9.17) is 27.9 Å². The lowest BCUT2D eigenvalue weighted by Gasteiger charge is -2.14. The molecule has 2 aromatic carbocycles. The van der Waals surface area contributed by atoms with E-state index in [0.717, 1.165) is 30.3 Å². The van der Waals surface area contributed by atoms with Crippen molar-refractivity contribution in [1.82, 2.24) is 0 Å². The first-order chi connectivity index (χ1) is 12.2. The number of hydrogen-bond donors (Lipinski definition) is 1. The normalized spacial score (nSPS) is 11.5. The van der Waals surface area contributed by atoms with E-state index in [1.54, 1.807) is 0 Å². The fraction of sp³-hybridized carbons (Fsp3) is 0.125. The Morgan fingerprint density at radius 3 is 2.46 bits per heavy atom. The minimum absolute atomic E-state index is 0.0183. The van der Waals surface area contributed by atoms with Gasteiger partial charge in [0, 0.05) is 12.1 Å². The predicted octanol–water partition coefficient (Wildman–Crippen LogP) is 4.22. The van der Waals surface area contributed by atoms with E-state index in [-0.39, 0.29) is 27.0 Å². The van der Waals surface area contributed by atoms with Crippen LogP contribution >= 0.6 is 23.2 Å². The largest absolute Gasteiger partial charge is 0.449 e. The number of carbonyl (C=O) groups is 2. The molecule has 0 saturated heterocycles. The summed E-state index contributed by atoms with van der Waals surface area (Å²) >= 11 is 11.6. The van der Waals surface area contributed by atoms with Gasteiger partial charge in [0.1, 0.15) is 5.82 Å². The quantitative estimate of drug-likeness (QED) is 0.460. The van der Waals surface area contributed by atoms with Crippen LogP contribution in [0.15, 0.2) is 36.4 Å². The van der Waals surface area contributed by atoms with E-state index in [2.05, 4.69) is 5.32 Å². The molecule has 0 aliphatic rings. The maximum absolute atomic E-state index is 13.0. The smallest absolute Gasteiger partial charge is 0.340 e. The van der Waals surface area contributed by atoms with Crippen LogP contribution in [0.4, 0.5) is 15.8 Å². The monoisotopic (exact) mass is 400 g/mol. The first-order valence-electron chi connectivity index (χ1n) is 7.10. The molecular weight excluding hydrogens is 390 g/mol. The molecule has 0 aliphatic carbocycles. The molecule has 0 heterocycles. The van der Waals surface area contributed by atoms with Gasteiger partial charge in [0.25, 0.3) is 11.6 Å². The zero-order chi connectivity index (χ0) is 19.4. The zero-order valence-electron chi connectivity index (χ0n) is 13.2. The predicted molar refractivity (Wildman–Crippen MR) is 93.0 cm³/mol. The van der Waals surface area contributed by atoms with Crippen LogP contribution in [0.25, 0.3) is 0 Å². The van der Waals surface area contributed by atoms with Gasteiger partial charge in [0.15, 0.2) is 6.10 Å². The average Bonchev–Trinajstić information content (AvgIpc) is 2.56. The Labute approximate surface area is 156 Å². The van der Waals surface area contributed by atoms with Crippen LogP contribution in [-0.4, -0.2) is 22.9 Å². The minimum atomic E-state index is -1.23. The molecule has 0 unspecified atom stereocenters. The molecular formula is C16H11Cl2FN2O5. The Bertz CT molecular complexity index is 891. The number of amides is 1. The molecule has 0 saturated carbocycles. The van der Waals surface area contributed by atoms with Gasteiger partial charge in [-0.15, -0.1) is 0 Å². The van der Waals surface area contributed by atoms with Gasteiger partial charge in [-0.2, -0.15) is 0 Å². The summed E-state index contributed by atoms with van der Waals surface area (Å²) in [6, 6.07) is 6.60. The van der Waals surface area contributed by atoms with E-state index in [1.807, 2.05) is 0 Å². The Hall–Kier alpha value is -2.71. The van der Waals surface area contributed by atoms with Crippen molar-refractivity contribution in [3.05, 3.63) is 67.9 Å². The third-order valence-corrected chi connectivity index (χ3v) is 3.85. The second-order valence-corrected chi connectivity index (χ2v) is 5.90. The van der Waals surface area contributed by atoms with Crippen molar-refractivity contribution in [3.8, 4) is 0 Å². The fourth-order valence-electron chi connectivity index (χ4n) is 1.89. The molecule has 1 N–H and O–H groups in total. The third-order valence-electron chi connectivity index (χ3n) is 3.23. The summed E-state index contributed by atoms with van der Waals surface area (Å²) in [6.45, 7) is 1.31. The number of esters is 1. The number of halogens is 3. The number of rotatable bonds is 5. The number of nitro groups is 1. The summed E-state index contributed by atoms with van der Waals surface area (Å²) in [7, 11) is 0. The lowest BCUT2D eigenvalue weighted by atomic mass is 10.2. The van der Waals surface area contributed by atoms with Crippen LogP contribution in [0, 0.1) is 15.9 Å². The van der Waals surface area contributed by atoms with Gasteiger partial charge in [-0.3, -0.25) is 14.9 Å². The second-order valence-electron chi connectivity index (χ2n) is 5.08. The SMILES string of the molecule is C[C@H](OC(=O)c1ccc([N+](=O)[O-])cc1Cl)C(=O)Nc1ccc(F)cc1Cl. The maximum atomic E-state index is 13.0. The number of benzene rings is 2. The molecule has 2 aromatic rings. The van der Waals surface area contributed by atoms with Crippen molar-refractivity contribution in [2.75, 3.05) is 5.32 Å². The number of nitrogens with zero attached hydrogens (tertiary/aromatic N) is 1. The number of nitro benzene ring substituents is 1. The van der Waals surface area contributed by atoms with Crippen LogP contribution in [0.3, 0.4) is 0 Å². The lowest BCUT2D eigenvalue weighted by molar-refractivity contribution is -0.384. The number of hydrogen-bond acceptors (Lipinski definition) is 5. The number of non-ortho nitro benzene ring substituents is 1. The van der Waals surface area contributed by atoms with Crippen LogP contribution < -0.4 is 5.32 Å². The van der Waals surface area contributed by atoms with Crippen molar-refractivity contribution < 1.29 is 23.6 Å². The molecule has 1 atom stereocenters. The lowest BCUT2D eigenvalue weighted by Crippen LogP contribution is -2.30. The Kier molecular flexibility index (Phi) is 6.12. The summed E-state index contributed by atoms with van der Waals surface area (Å²) in [6.07, 6.45) is -1.23. The van der Waals surface area contributed by atoms with Crippen LogP contribution in [0.5, 0.6) is 0 Å². The highest BCUT2D eigenvalue weighted by atomic mass is 35.5. The number of nitrogens with one attached hydrogen (secondary N) is 1. The molecule has 136 valence electrons. The van der Waals surface area contributed by atoms with Crippen molar-refractivity contribution >= 4 is 46.5 Å². The summed E-state index contributed by atoms with van der Waals surface area (Å²) in [5.41, 5.74) is -0.269. The first kappa shape index (κ1) is 19.6. The fourth-order valence-corrected chi connectivity index (χ4v) is 2.35. The molecule has 7 nitrogen and oxygen atoms in total. The van der Waals surface area contributed by atoms with Crippen molar-refractivity contribution in [3.63, 3.8) is 0 Å². The van der Waals surface area contributed by atoms with E-state index in [1.165, 1.54) is 13.0 Å². The first-order valence-corrected chi connectivity index (χ1v) is 7.85. The van der Waals surface area contributed by atoms with Gasteiger partial charge in [0.05, 0.1) is 26.2 Å². The molecule has 26 heavy (non-hydrogen) atoms. The van der Waals surface area contributed by atoms with Crippen LogP contribution in [-0.2, 0) is 9.53 Å². The Balaban J connectivity index is 2.06. The van der Waals surface area contributed by atoms with Gasteiger partial charge in [0.2, 0.25) is 0 Å². The Morgan fingerprint density at radius 1 is 1.19 bits per heavy atom. The van der Waals surface area contributed by atoms with Crippen molar-refractivity contribution in [2.45, 2.75) is 13.0 Å². The standard InChI is InChI=1S/C16H11Cl2FN2O5/c1-8(15(22)20-14-5-2-9(19)6-13(14)18)26-16(23)11-4-3-10(21(24)25)7-12(11)17/h2-8H,1H3,(H,20,22)/t8-/m0/s1. The van der Waals surface area contributed by atoms with E-state index >= 15 is 0 Å². The second kappa shape index (κ2) is 8.11. The summed E-state index contributed by atoms with van der Waals surface area (Å²) in [5, 5.41) is 12.9. The Morgan fingerprint density at radius 2 is 1.88 bits per heavy atom. The number of carbonyl (C=O) groups excluding carboxylic acids is 2.